The first-order chi connectivity index (χ1) is 9.97. The average molecular weight is 314 g/mol. The van der Waals surface area contributed by atoms with Crippen molar-refractivity contribution in [2.24, 2.45) is 0 Å². The molecule has 110 valence electrons. The Morgan fingerprint density at radius 2 is 1.67 bits per heavy atom. The van der Waals surface area contributed by atoms with E-state index in [0.717, 1.165) is 17.7 Å². The highest BCUT2D eigenvalue weighted by Gasteiger charge is 2.15. The van der Waals surface area contributed by atoms with Crippen LogP contribution < -0.4 is 5.32 Å². The van der Waals surface area contributed by atoms with Gasteiger partial charge in [-0.15, -0.1) is 0 Å². The number of carbonyl (C=O) groups is 1. The fourth-order valence-electron chi connectivity index (χ4n) is 1.74. The van der Waals surface area contributed by atoms with Gasteiger partial charge < -0.3 is 5.32 Å². The molecule has 2 aromatic rings. The number of halogens is 4. The molecule has 0 spiro atoms. The van der Waals surface area contributed by atoms with Crippen LogP contribution in [0.1, 0.15) is 12.0 Å². The van der Waals surface area contributed by atoms with E-state index in [4.69, 9.17) is 11.6 Å². The fraction of sp³-hybridized carbons (Fsp3) is 0.133. The zero-order chi connectivity index (χ0) is 15.4. The first-order valence-corrected chi connectivity index (χ1v) is 6.53. The lowest BCUT2D eigenvalue weighted by molar-refractivity contribution is -0.116. The van der Waals surface area contributed by atoms with Crippen molar-refractivity contribution < 1.29 is 18.0 Å². The summed E-state index contributed by atoms with van der Waals surface area (Å²) in [5.41, 5.74) is 0.510. The summed E-state index contributed by atoms with van der Waals surface area (Å²) in [6.07, 6.45) is 0.508. The Bertz CT molecular complexity index is 659. The zero-order valence-electron chi connectivity index (χ0n) is 10.8. The Morgan fingerprint density at radius 3 is 2.33 bits per heavy atom. The van der Waals surface area contributed by atoms with Crippen molar-refractivity contribution in [3.05, 3.63) is 64.4 Å². The standard InChI is InChI=1S/C15H11ClF3NO/c16-10-4-1-9(2-5-10)3-8-13(21)20-12-7-6-11(17)14(18)15(12)19/h1-2,4-7H,3,8H2,(H,20,21). The van der Waals surface area contributed by atoms with Gasteiger partial charge in [-0.25, -0.2) is 13.2 Å². The van der Waals surface area contributed by atoms with Crippen molar-refractivity contribution in [1.29, 1.82) is 0 Å². The van der Waals surface area contributed by atoms with Gasteiger partial charge in [0.25, 0.3) is 0 Å². The number of carbonyl (C=O) groups excluding carboxylic acids is 1. The molecule has 1 N–H and O–H groups in total. The third kappa shape index (κ3) is 3.98. The van der Waals surface area contributed by atoms with E-state index in [-0.39, 0.29) is 12.1 Å². The average Bonchev–Trinajstić information content (AvgIpc) is 2.47. The molecule has 0 aliphatic heterocycles. The molecule has 2 aromatic carbocycles. The Hall–Kier alpha value is -2.01. The quantitative estimate of drug-likeness (QED) is 0.836. The van der Waals surface area contributed by atoms with Gasteiger partial charge in [-0.1, -0.05) is 23.7 Å². The number of rotatable bonds is 4. The predicted octanol–water partition coefficient (Wildman–Crippen LogP) is 4.33. The smallest absolute Gasteiger partial charge is 0.224 e. The number of anilines is 1. The summed E-state index contributed by atoms with van der Waals surface area (Å²) in [5.74, 6) is -4.80. The minimum absolute atomic E-state index is 0.0834. The van der Waals surface area contributed by atoms with Gasteiger partial charge in [0, 0.05) is 11.4 Å². The van der Waals surface area contributed by atoms with Crippen molar-refractivity contribution in [3.63, 3.8) is 0 Å². The summed E-state index contributed by atoms with van der Waals surface area (Å²) in [7, 11) is 0. The summed E-state index contributed by atoms with van der Waals surface area (Å²) < 4.78 is 39.2. The van der Waals surface area contributed by atoms with Crippen LogP contribution in [0.15, 0.2) is 36.4 Å². The maximum absolute atomic E-state index is 13.4. The van der Waals surface area contributed by atoms with Gasteiger partial charge in [-0.2, -0.15) is 0 Å². The lowest BCUT2D eigenvalue weighted by Gasteiger charge is -2.07. The van der Waals surface area contributed by atoms with Crippen LogP contribution in [0.3, 0.4) is 0 Å². The number of hydrogen-bond donors (Lipinski definition) is 1. The maximum atomic E-state index is 13.4. The third-order valence-corrected chi connectivity index (χ3v) is 3.12. The summed E-state index contributed by atoms with van der Waals surface area (Å²) in [5, 5.41) is 2.80. The molecular formula is C15H11ClF3NO. The monoisotopic (exact) mass is 313 g/mol. The minimum Gasteiger partial charge on any atom is -0.323 e. The predicted molar refractivity (Wildman–Crippen MR) is 74.7 cm³/mol. The number of amides is 1. The summed E-state index contributed by atoms with van der Waals surface area (Å²) in [6, 6.07) is 8.68. The molecule has 0 heterocycles. The molecule has 0 atom stereocenters. The van der Waals surface area contributed by atoms with E-state index in [1.807, 2.05) is 0 Å². The SMILES string of the molecule is O=C(CCc1ccc(Cl)cc1)Nc1ccc(F)c(F)c1F. The maximum Gasteiger partial charge on any atom is 0.224 e. The first kappa shape index (κ1) is 15.4. The van der Waals surface area contributed by atoms with Crippen molar-refractivity contribution in [2.75, 3.05) is 5.32 Å². The lowest BCUT2D eigenvalue weighted by Crippen LogP contribution is -2.14. The Labute approximate surface area is 124 Å². The molecule has 1 amide bonds. The Balaban J connectivity index is 1.96. The van der Waals surface area contributed by atoms with E-state index in [9.17, 15) is 18.0 Å². The van der Waals surface area contributed by atoms with E-state index in [1.54, 1.807) is 24.3 Å². The second kappa shape index (κ2) is 6.63. The van der Waals surface area contributed by atoms with E-state index < -0.39 is 23.4 Å². The van der Waals surface area contributed by atoms with Gasteiger partial charge in [-0.3, -0.25) is 4.79 Å². The molecule has 0 saturated carbocycles. The third-order valence-electron chi connectivity index (χ3n) is 2.86. The van der Waals surface area contributed by atoms with Crippen LogP contribution in [0, 0.1) is 17.5 Å². The van der Waals surface area contributed by atoms with Crippen LogP contribution in [-0.2, 0) is 11.2 Å². The summed E-state index contributed by atoms with van der Waals surface area (Å²) in [4.78, 5) is 11.7. The van der Waals surface area contributed by atoms with Gasteiger partial charge >= 0.3 is 0 Å². The number of benzene rings is 2. The van der Waals surface area contributed by atoms with Crippen molar-refractivity contribution >= 4 is 23.2 Å². The Morgan fingerprint density at radius 1 is 1.00 bits per heavy atom. The van der Waals surface area contributed by atoms with Crippen LogP contribution in [0.2, 0.25) is 5.02 Å². The summed E-state index contributed by atoms with van der Waals surface area (Å²) in [6.45, 7) is 0. The van der Waals surface area contributed by atoms with Gasteiger partial charge in [-0.05, 0) is 36.2 Å². The number of hydrogen-bond acceptors (Lipinski definition) is 1. The minimum atomic E-state index is -1.61. The first-order valence-electron chi connectivity index (χ1n) is 6.15. The van der Waals surface area contributed by atoms with E-state index in [1.165, 1.54) is 0 Å². The molecule has 21 heavy (non-hydrogen) atoms. The highest BCUT2D eigenvalue weighted by Crippen LogP contribution is 2.20. The van der Waals surface area contributed by atoms with Crippen molar-refractivity contribution in [2.45, 2.75) is 12.8 Å². The highest BCUT2D eigenvalue weighted by molar-refractivity contribution is 6.30. The lowest BCUT2D eigenvalue weighted by atomic mass is 10.1. The largest absolute Gasteiger partial charge is 0.323 e. The second-order valence-corrected chi connectivity index (χ2v) is 4.83. The van der Waals surface area contributed by atoms with Crippen LogP contribution in [0.5, 0.6) is 0 Å². The van der Waals surface area contributed by atoms with Crippen LogP contribution >= 0.6 is 11.6 Å². The molecule has 0 bridgehead atoms. The molecule has 0 aromatic heterocycles. The molecule has 0 aliphatic rings. The van der Waals surface area contributed by atoms with E-state index >= 15 is 0 Å². The van der Waals surface area contributed by atoms with Crippen molar-refractivity contribution in [1.82, 2.24) is 0 Å². The summed E-state index contributed by atoms with van der Waals surface area (Å²) >= 11 is 5.74. The molecule has 0 radical (unpaired) electrons. The molecule has 6 heteroatoms. The second-order valence-electron chi connectivity index (χ2n) is 4.40. The molecule has 0 fully saturated rings. The molecule has 0 saturated heterocycles. The van der Waals surface area contributed by atoms with Gasteiger partial charge in [0.05, 0.1) is 5.69 Å². The number of nitrogens with one attached hydrogen (secondary N) is 1. The molecule has 2 nitrogen and oxygen atoms in total. The topological polar surface area (TPSA) is 29.1 Å². The van der Waals surface area contributed by atoms with Crippen molar-refractivity contribution in [3.8, 4) is 0 Å². The van der Waals surface area contributed by atoms with Gasteiger partial charge in [0.15, 0.2) is 17.5 Å². The van der Waals surface area contributed by atoms with E-state index in [0.29, 0.717) is 11.4 Å². The van der Waals surface area contributed by atoms with Crippen LogP contribution in [0.25, 0.3) is 0 Å². The molecule has 0 aliphatic carbocycles. The fourth-order valence-corrected chi connectivity index (χ4v) is 1.87. The molecule has 0 unspecified atom stereocenters. The molecule has 2 rings (SSSR count). The Kier molecular flexibility index (Phi) is 4.85. The van der Waals surface area contributed by atoms with E-state index in [2.05, 4.69) is 5.32 Å². The highest BCUT2D eigenvalue weighted by atomic mass is 35.5. The molecular weight excluding hydrogens is 303 g/mol. The zero-order valence-corrected chi connectivity index (χ0v) is 11.6. The number of aryl methyl sites for hydroxylation is 1. The van der Waals surface area contributed by atoms with Crippen LogP contribution in [-0.4, -0.2) is 5.91 Å². The van der Waals surface area contributed by atoms with Crippen LogP contribution in [0.4, 0.5) is 18.9 Å². The van der Waals surface area contributed by atoms with Gasteiger partial charge in [0.1, 0.15) is 0 Å². The van der Waals surface area contributed by atoms with Gasteiger partial charge in [0.2, 0.25) is 5.91 Å². The normalized spacial score (nSPS) is 10.5.